The zero-order chi connectivity index (χ0) is 18.0. The summed E-state index contributed by atoms with van der Waals surface area (Å²) in [5, 5.41) is 3.05. The fourth-order valence-electron chi connectivity index (χ4n) is 3.82. The van der Waals surface area contributed by atoms with Crippen molar-refractivity contribution >= 4 is 11.6 Å². The summed E-state index contributed by atoms with van der Waals surface area (Å²) in [4.78, 5) is 13.0. The lowest BCUT2D eigenvalue weighted by Crippen LogP contribution is -2.22. The van der Waals surface area contributed by atoms with Gasteiger partial charge in [0.25, 0.3) is 0 Å². The van der Waals surface area contributed by atoms with Gasteiger partial charge in [-0.1, -0.05) is 72.8 Å². The molecule has 3 aromatic rings. The van der Waals surface area contributed by atoms with E-state index in [1.807, 2.05) is 60.7 Å². The van der Waals surface area contributed by atoms with Crippen molar-refractivity contribution < 1.29 is 9.53 Å². The van der Waals surface area contributed by atoms with Gasteiger partial charge in [0.05, 0.1) is 18.7 Å². The van der Waals surface area contributed by atoms with Crippen LogP contribution in [0.25, 0.3) is 0 Å². The second-order valence-electron chi connectivity index (χ2n) is 6.65. The van der Waals surface area contributed by atoms with E-state index in [4.69, 9.17) is 4.74 Å². The Balaban J connectivity index is 1.66. The molecule has 0 spiro atoms. The highest BCUT2D eigenvalue weighted by molar-refractivity contribution is 5.98. The highest BCUT2D eigenvalue weighted by Gasteiger charge is 2.60. The summed E-state index contributed by atoms with van der Waals surface area (Å²) < 4.78 is 5.35. The van der Waals surface area contributed by atoms with Crippen LogP contribution in [0.1, 0.15) is 17.5 Å². The molecular formula is C23H21NO2. The van der Waals surface area contributed by atoms with E-state index in [9.17, 15) is 4.79 Å². The molecule has 4 rings (SSSR count). The van der Waals surface area contributed by atoms with Gasteiger partial charge in [0.15, 0.2) is 0 Å². The zero-order valence-electron chi connectivity index (χ0n) is 14.7. The third kappa shape index (κ3) is 2.76. The Morgan fingerprint density at radius 2 is 1.42 bits per heavy atom. The topological polar surface area (TPSA) is 38.3 Å². The van der Waals surface area contributed by atoms with E-state index >= 15 is 0 Å². The lowest BCUT2D eigenvalue weighted by atomic mass is 9.85. The maximum atomic E-state index is 13.0. The molecule has 1 N–H and O–H groups in total. The molecule has 0 radical (unpaired) electrons. The van der Waals surface area contributed by atoms with Gasteiger partial charge in [-0.15, -0.1) is 0 Å². The molecule has 0 aliphatic heterocycles. The Morgan fingerprint density at radius 3 is 2.00 bits per heavy atom. The molecule has 26 heavy (non-hydrogen) atoms. The predicted molar refractivity (Wildman–Crippen MR) is 103 cm³/mol. The Bertz CT molecular complexity index is 866. The van der Waals surface area contributed by atoms with Crippen LogP contribution in [0.5, 0.6) is 5.75 Å². The SMILES string of the molecule is COc1ccccc1NC(=O)[C@H]1CC1(c1ccccc1)c1ccccc1. The van der Waals surface area contributed by atoms with Crippen LogP contribution in [0.15, 0.2) is 84.9 Å². The first-order chi connectivity index (χ1) is 12.8. The molecule has 1 amide bonds. The maximum absolute atomic E-state index is 13.0. The summed E-state index contributed by atoms with van der Waals surface area (Å²) in [7, 11) is 1.61. The number of amides is 1. The average Bonchev–Trinajstić information content (AvgIpc) is 3.47. The summed E-state index contributed by atoms with van der Waals surface area (Å²) in [5.74, 6) is 0.603. The molecule has 1 saturated carbocycles. The number of hydrogen-bond donors (Lipinski definition) is 1. The van der Waals surface area contributed by atoms with E-state index in [-0.39, 0.29) is 17.2 Å². The molecule has 0 heterocycles. The number of methoxy groups -OCH3 is 1. The monoisotopic (exact) mass is 343 g/mol. The molecule has 0 unspecified atom stereocenters. The van der Waals surface area contributed by atoms with E-state index < -0.39 is 0 Å². The van der Waals surface area contributed by atoms with Crippen molar-refractivity contribution in [3.63, 3.8) is 0 Å². The molecule has 1 aliphatic rings. The normalized spacial score (nSPS) is 17.3. The second-order valence-corrected chi connectivity index (χ2v) is 6.65. The minimum absolute atomic E-state index is 0.0298. The number of ether oxygens (including phenoxy) is 1. The third-order valence-corrected chi connectivity index (χ3v) is 5.22. The Labute approximate surface area is 153 Å². The van der Waals surface area contributed by atoms with Gasteiger partial charge in [-0.25, -0.2) is 0 Å². The first kappa shape index (κ1) is 16.4. The summed E-state index contributed by atoms with van der Waals surface area (Å²) in [6, 6.07) is 28.1. The van der Waals surface area contributed by atoms with Crippen LogP contribution >= 0.6 is 0 Å². The van der Waals surface area contributed by atoms with Crippen molar-refractivity contribution in [3.05, 3.63) is 96.1 Å². The molecule has 3 nitrogen and oxygen atoms in total. The average molecular weight is 343 g/mol. The van der Waals surface area contributed by atoms with Gasteiger partial charge in [0.1, 0.15) is 5.75 Å². The van der Waals surface area contributed by atoms with Crippen molar-refractivity contribution in [1.29, 1.82) is 0 Å². The fourth-order valence-corrected chi connectivity index (χ4v) is 3.82. The molecular weight excluding hydrogens is 322 g/mol. The third-order valence-electron chi connectivity index (χ3n) is 5.22. The highest BCUT2D eigenvalue weighted by atomic mass is 16.5. The molecule has 3 aromatic carbocycles. The van der Waals surface area contributed by atoms with Gasteiger partial charge in [-0.05, 0) is 29.7 Å². The van der Waals surface area contributed by atoms with Gasteiger partial charge in [-0.2, -0.15) is 0 Å². The zero-order valence-corrected chi connectivity index (χ0v) is 14.7. The molecule has 1 fully saturated rings. The maximum Gasteiger partial charge on any atom is 0.228 e. The summed E-state index contributed by atoms with van der Waals surface area (Å²) in [6.07, 6.45) is 0.808. The largest absolute Gasteiger partial charge is 0.495 e. The molecule has 0 bridgehead atoms. The van der Waals surface area contributed by atoms with E-state index in [1.54, 1.807) is 7.11 Å². The van der Waals surface area contributed by atoms with E-state index in [2.05, 4.69) is 29.6 Å². The molecule has 130 valence electrons. The first-order valence-corrected chi connectivity index (χ1v) is 8.80. The standard InChI is InChI=1S/C23H21NO2/c1-26-21-15-9-8-14-20(21)24-22(25)19-16-23(19,17-10-4-2-5-11-17)18-12-6-3-7-13-18/h2-15,19H,16H2,1H3,(H,24,25)/t19-/m1/s1. The van der Waals surface area contributed by atoms with Gasteiger partial charge in [0.2, 0.25) is 5.91 Å². The van der Waals surface area contributed by atoms with Crippen LogP contribution < -0.4 is 10.1 Å². The van der Waals surface area contributed by atoms with Gasteiger partial charge in [-0.3, -0.25) is 4.79 Å². The Kier molecular flexibility index (Phi) is 4.21. The minimum atomic E-state index is -0.255. The molecule has 0 aromatic heterocycles. The fraction of sp³-hybridized carbons (Fsp3) is 0.174. The van der Waals surface area contributed by atoms with E-state index in [0.29, 0.717) is 11.4 Å². The molecule has 3 heteroatoms. The van der Waals surface area contributed by atoms with Crippen molar-refractivity contribution in [3.8, 4) is 5.75 Å². The summed E-state index contributed by atoms with van der Waals surface area (Å²) >= 11 is 0. The smallest absolute Gasteiger partial charge is 0.228 e. The number of rotatable bonds is 5. The second kappa shape index (κ2) is 6.68. The van der Waals surface area contributed by atoms with Crippen molar-refractivity contribution in [1.82, 2.24) is 0 Å². The lowest BCUT2D eigenvalue weighted by molar-refractivity contribution is -0.117. The quantitative estimate of drug-likeness (QED) is 0.733. The highest BCUT2D eigenvalue weighted by Crippen LogP contribution is 2.59. The first-order valence-electron chi connectivity index (χ1n) is 8.80. The van der Waals surface area contributed by atoms with Crippen LogP contribution in [-0.4, -0.2) is 13.0 Å². The minimum Gasteiger partial charge on any atom is -0.495 e. The number of carbonyl (C=O) groups is 1. The number of nitrogens with one attached hydrogen (secondary N) is 1. The van der Waals surface area contributed by atoms with Crippen molar-refractivity contribution in [2.75, 3.05) is 12.4 Å². The van der Waals surface area contributed by atoms with Crippen molar-refractivity contribution in [2.45, 2.75) is 11.8 Å². The van der Waals surface area contributed by atoms with Crippen LogP contribution in [0.3, 0.4) is 0 Å². The molecule has 0 saturated heterocycles. The van der Waals surface area contributed by atoms with Crippen LogP contribution in [0.4, 0.5) is 5.69 Å². The Morgan fingerprint density at radius 1 is 0.885 bits per heavy atom. The number of para-hydroxylation sites is 2. The van der Waals surface area contributed by atoms with Crippen LogP contribution in [0, 0.1) is 5.92 Å². The summed E-state index contributed by atoms with van der Waals surface area (Å²) in [5.41, 5.74) is 2.83. The number of benzene rings is 3. The van der Waals surface area contributed by atoms with Crippen LogP contribution in [-0.2, 0) is 10.2 Å². The van der Waals surface area contributed by atoms with Crippen molar-refractivity contribution in [2.24, 2.45) is 5.92 Å². The number of anilines is 1. The number of hydrogen-bond acceptors (Lipinski definition) is 2. The number of carbonyl (C=O) groups excluding carboxylic acids is 1. The summed E-state index contributed by atoms with van der Waals surface area (Å²) in [6.45, 7) is 0. The predicted octanol–water partition coefficient (Wildman–Crippen LogP) is 4.64. The van der Waals surface area contributed by atoms with Gasteiger partial charge >= 0.3 is 0 Å². The Hall–Kier alpha value is -3.07. The molecule has 1 aliphatic carbocycles. The van der Waals surface area contributed by atoms with Gasteiger partial charge in [0, 0.05) is 5.41 Å². The van der Waals surface area contributed by atoms with E-state index in [1.165, 1.54) is 11.1 Å². The van der Waals surface area contributed by atoms with Gasteiger partial charge < -0.3 is 10.1 Å². The lowest BCUT2D eigenvalue weighted by Gasteiger charge is -2.19. The van der Waals surface area contributed by atoms with Crippen LogP contribution in [0.2, 0.25) is 0 Å². The van der Waals surface area contributed by atoms with E-state index in [0.717, 1.165) is 6.42 Å². The molecule has 1 atom stereocenters.